The van der Waals surface area contributed by atoms with Crippen molar-refractivity contribution in [2.24, 2.45) is 0 Å². The van der Waals surface area contributed by atoms with Gasteiger partial charge in [-0.15, -0.1) is 0 Å². The molecule has 1 aromatic carbocycles. The number of hydrogen-bond acceptors (Lipinski definition) is 7. The summed E-state index contributed by atoms with van der Waals surface area (Å²) in [5.41, 5.74) is 0.966. The average molecular weight is 344 g/mol. The monoisotopic (exact) mass is 344 g/mol. The van der Waals surface area contributed by atoms with Crippen LogP contribution in [0.3, 0.4) is 0 Å². The normalized spacial score (nSPS) is 10.2. The first kappa shape index (κ1) is 18.1. The highest BCUT2D eigenvalue weighted by Crippen LogP contribution is 2.13. The number of nitrogens with zero attached hydrogens (tertiary/aromatic N) is 3. The fourth-order valence-corrected chi connectivity index (χ4v) is 2.13. The largest absolute Gasteiger partial charge is 0.368 e. The predicted octanol–water partition coefficient (Wildman–Crippen LogP) is 1.97. The molecule has 3 N–H and O–H groups in total. The summed E-state index contributed by atoms with van der Waals surface area (Å²) < 4.78 is 0. The highest BCUT2D eigenvalue weighted by atomic mass is 16.6. The van der Waals surface area contributed by atoms with Gasteiger partial charge in [0, 0.05) is 49.1 Å². The van der Waals surface area contributed by atoms with Crippen molar-refractivity contribution < 1.29 is 9.72 Å². The lowest BCUT2D eigenvalue weighted by Crippen LogP contribution is -2.29. The Kier molecular flexibility index (Phi) is 6.21. The number of benzene rings is 1. The summed E-state index contributed by atoms with van der Waals surface area (Å²) >= 11 is 0. The molecule has 9 nitrogen and oxygen atoms in total. The lowest BCUT2D eigenvalue weighted by atomic mass is 10.2. The number of amides is 1. The van der Waals surface area contributed by atoms with E-state index < -0.39 is 4.92 Å². The maximum atomic E-state index is 12.0. The maximum Gasteiger partial charge on any atom is 0.270 e. The molecule has 2 aromatic rings. The molecule has 1 aromatic heterocycles. The fraction of sp³-hybridized carbons (Fsp3) is 0.312. The van der Waals surface area contributed by atoms with Crippen molar-refractivity contribution in [2.45, 2.75) is 13.8 Å². The second-order valence-corrected chi connectivity index (χ2v) is 5.24. The average Bonchev–Trinajstić information content (AvgIpc) is 2.58. The third-order valence-corrected chi connectivity index (χ3v) is 3.22. The first-order valence-corrected chi connectivity index (χ1v) is 7.85. The van der Waals surface area contributed by atoms with E-state index in [4.69, 9.17) is 0 Å². The molecule has 0 fully saturated rings. The van der Waals surface area contributed by atoms with Gasteiger partial charge in [0.15, 0.2) is 0 Å². The zero-order chi connectivity index (χ0) is 18.2. The number of rotatable bonds is 8. The highest BCUT2D eigenvalue weighted by molar-refractivity contribution is 5.94. The molecule has 2 rings (SSSR count). The van der Waals surface area contributed by atoms with Crippen LogP contribution in [-0.2, 0) is 0 Å². The van der Waals surface area contributed by atoms with Crippen molar-refractivity contribution in [3.8, 4) is 0 Å². The number of aryl methyl sites for hydroxylation is 1. The fourth-order valence-electron chi connectivity index (χ4n) is 2.13. The minimum Gasteiger partial charge on any atom is -0.368 e. The molecule has 0 aliphatic carbocycles. The van der Waals surface area contributed by atoms with Crippen LogP contribution in [0, 0.1) is 17.0 Å². The minimum absolute atomic E-state index is 0.113. The molecule has 25 heavy (non-hydrogen) atoms. The Morgan fingerprint density at radius 2 is 2.00 bits per heavy atom. The molecule has 1 heterocycles. The van der Waals surface area contributed by atoms with Gasteiger partial charge in [-0.05, 0) is 19.9 Å². The van der Waals surface area contributed by atoms with E-state index in [1.165, 1.54) is 24.3 Å². The number of nitrogens with one attached hydrogen (secondary N) is 3. The molecule has 0 atom stereocenters. The zero-order valence-electron chi connectivity index (χ0n) is 14.1. The van der Waals surface area contributed by atoms with E-state index in [0.29, 0.717) is 24.9 Å². The van der Waals surface area contributed by atoms with Crippen LogP contribution >= 0.6 is 0 Å². The van der Waals surface area contributed by atoms with E-state index in [9.17, 15) is 14.9 Å². The number of carbonyl (C=O) groups excluding carboxylic acids is 1. The van der Waals surface area contributed by atoms with Gasteiger partial charge in [0.05, 0.1) is 4.92 Å². The molecule has 1 amide bonds. The van der Waals surface area contributed by atoms with Crippen molar-refractivity contribution >= 4 is 23.4 Å². The second-order valence-electron chi connectivity index (χ2n) is 5.24. The summed E-state index contributed by atoms with van der Waals surface area (Å²) in [5.74, 6) is 0.844. The van der Waals surface area contributed by atoms with Gasteiger partial charge in [0.2, 0.25) is 5.95 Å². The van der Waals surface area contributed by atoms with Crippen molar-refractivity contribution in [3.63, 3.8) is 0 Å². The van der Waals surface area contributed by atoms with E-state index in [0.717, 1.165) is 12.2 Å². The Hall–Kier alpha value is -3.23. The molecule has 132 valence electrons. The number of aromatic nitrogens is 2. The third kappa shape index (κ3) is 5.41. The van der Waals surface area contributed by atoms with E-state index in [1.54, 1.807) is 0 Å². The molecule has 0 radical (unpaired) electrons. The Balaban J connectivity index is 1.86. The van der Waals surface area contributed by atoms with Gasteiger partial charge in [-0.3, -0.25) is 14.9 Å². The SMILES string of the molecule is CCNc1nc(C)cc(NCCNC(=O)c2cccc([N+](=O)[O-])c2)n1. The van der Waals surface area contributed by atoms with Crippen LogP contribution in [0.15, 0.2) is 30.3 Å². The van der Waals surface area contributed by atoms with Gasteiger partial charge in [0.25, 0.3) is 11.6 Å². The van der Waals surface area contributed by atoms with E-state index in [2.05, 4.69) is 25.9 Å². The Bertz CT molecular complexity index is 765. The van der Waals surface area contributed by atoms with Crippen LogP contribution in [0.2, 0.25) is 0 Å². The summed E-state index contributed by atoms with van der Waals surface area (Å²) in [6.07, 6.45) is 0. The topological polar surface area (TPSA) is 122 Å². The molecule has 0 aliphatic heterocycles. The van der Waals surface area contributed by atoms with Crippen molar-refractivity contribution in [3.05, 3.63) is 51.7 Å². The molecule has 9 heteroatoms. The lowest BCUT2D eigenvalue weighted by Gasteiger charge is -2.10. The Morgan fingerprint density at radius 3 is 2.72 bits per heavy atom. The second kappa shape index (κ2) is 8.57. The molecule has 0 aliphatic rings. The molecule has 0 saturated heterocycles. The number of hydrogen-bond donors (Lipinski definition) is 3. The van der Waals surface area contributed by atoms with Crippen LogP contribution in [0.5, 0.6) is 0 Å². The Labute approximate surface area is 145 Å². The Morgan fingerprint density at radius 1 is 1.20 bits per heavy atom. The zero-order valence-corrected chi connectivity index (χ0v) is 14.1. The van der Waals surface area contributed by atoms with E-state index in [1.807, 2.05) is 19.9 Å². The van der Waals surface area contributed by atoms with Gasteiger partial charge in [-0.25, -0.2) is 4.98 Å². The standard InChI is InChI=1S/C16H20N6O3/c1-3-17-16-20-11(2)9-14(21-16)18-7-8-19-15(23)12-5-4-6-13(10-12)22(24)25/h4-6,9-10H,3,7-8H2,1-2H3,(H,19,23)(H2,17,18,20,21). The van der Waals surface area contributed by atoms with Crippen LogP contribution in [0.1, 0.15) is 23.0 Å². The lowest BCUT2D eigenvalue weighted by molar-refractivity contribution is -0.384. The van der Waals surface area contributed by atoms with Gasteiger partial charge >= 0.3 is 0 Å². The van der Waals surface area contributed by atoms with Gasteiger partial charge in [-0.2, -0.15) is 4.98 Å². The van der Waals surface area contributed by atoms with Crippen molar-refractivity contribution in [1.82, 2.24) is 15.3 Å². The first-order valence-electron chi connectivity index (χ1n) is 7.85. The van der Waals surface area contributed by atoms with Gasteiger partial charge in [-0.1, -0.05) is 6.07 Å². The highest BCUT2D eigenvalue weighted by Gasteiger charge is 2.10. The van der Waals surface area contributed by atoms with Crippen molar-refractivity contribution in [2.75, 3.05) is 30.3 Å². The molecule has 0 spiro atoms. The molecule has 0 saturated carbocycles. The summed E-state index contributed by atoms with van der Waals surface area (Å²) in [7, 11) is 0. The molecule has 0 bridgehead atoms. The van der Waals surface area contributed by atoms with E-state index >= 15 is 0 Å². The molecular formula is C16H20N6O3. The number of carbonyl (C=O) groups is 1. The number of anilines is 2. The number of non-ortho nitro benzene ring substituents is 1. The van der Waals surface area contributed by atoms with Crippen LogP contribution in [0.25, 0.3) is 0 Å². The summed E-state index contributed by atoms with van der Waals surface area (Å²) in [5, 5.41) is 19.6. The molecule has 0 unspecified atom stereocenters. The van der Waals surface area contributed by atoms with Crippen LogP contribution < -0.4 is 16.0 Å². The van der Waals surface area contributed by atoms with E-state index in [-0.39, 0.29) is 17.2 Å². The van der Waals surface area contributed by atoms with Crippen LogP contribution in [0.4, 0.5) is 17.5 Å². The quantitative estimate of drug-likeness (QED) is 0.380. The molecular weight excluding hydrogens is 324 g/mol. The minimum atomic E-state index is -0.530. The number of nitro groups is 1. The third-order valence-electron chi connectivity index (χ3n) is 3.22. The summed E-state index contributed by atoms with van der Waals surface area (Å²) in [6.45, 7) is 5.37. The smallest absolute Gasteiger partial charge is 0.270 e. The van der Waals surface area contributed by atoms with Crippen molar-refractivity contribution in [1.29, 1.82) is 0 Å². The maximum absolute atomic E-state index is 12.0. The van der Waals surface area contributed by atoms with Gasteiger partial charge < -0.3 is 16.0 Å². The van der Waals surface area contributed by atoms with Crippen LogP contribution in [-0.4, -0.2) is 40.4 Å². The van der Waals surface area contributed by atoms with Gasteiger partial charge in [0.1, 0.15) is 5.82 Å². The summed E-state index contributed by atoms with van der Waals surface area (Å²) in [4.78, 5) is 30.8. The number of nitro benzene ring substituents is 1. The first-order chi connectivity index (χ1) is 12.0. The predicted molar refractivity (Wildman–Crippen MR) is 94.9 cm³/mol. The summed E-state index contributed by atoms with van der Waals surface area (Å²) in [6, 6.07) is 7.42.